The molecule has 0 unspecified atom stereocenters. The topological polar surface area (TPSA) is 61.8 Å². The summed E-state index contributed by atoms with van der Waals surface area (Å²) in [5.41, 5.74) is 7.33. The molecule has 0 atom stereocenters. The van der Waals surface area contributed by atoms with E-state index in [1.165, 1.54) is 110 Å². The van der Waals surface area contributed by atoms with E-state index in [9.17, 15) is 9.59 Å². The Morgan fingerprint density at radius 1 is 0.667 bits per heavy atom. The number of fused-ring (bicyclic) bond motifs is 2. The van der Waals surface area contributed by atoms with E-state index < -0.39 is 8.60 Å². The van der Waals surface area contributed by atoms with Crippen molar-refractivity contribution < 1.29 is 23.2 Å². The van der Waals surface area contributed by atoms with E-state index >= 15 is 0 Å². The van der Waals surface area contributed by atoms with Crippen LogP contribution in [0.15, 0.2) is 36.4 Å². The first-order valence-corrected chi connectivity index (χ1v) is 21.8. The first kappa shape index (κ1) is 39.6. The van der Waals surface area contributed by atoms with Gasteiger partial charge in [0.1, 0.15) is 17.3 Å². The number of hydrogen-bond donors (Lipinski definition) is 0. The minimum Gasteiger partial charge on any atom is -0.408 e. The largest absolute Gasteiger partial charge is 0.532 e. The van der Waals surface area contributed by atoms with E-state index in [1.54, 1.807) is 0 Å². The Morgan fingerprint density at radius 2 is 1.20 bits per heavy atom. The van der Waals surface area contributed by atoms with Crippen molar-refractivity contribution in [1.29, 1.82) is 0 Å². The zero-order chi connectivity index (χ0) is 35.8. The SMILES string of the molecule is CCCCCCCC/C=C\CCC(=O)CCCCC(=O)OP1Oc2c(cc(C)cc2C2CCCCC2)Cc2cc(C)cc(C3CCCCC3)c2O1. The van der Waals surface area contributed by atoms with E-state index in [1.807, 2.05) is 0 Å². The Balaban J connectivity index is 1.21. The van der Waals surface area contributed by atoms with Gasteiger partial charge in [-0.1, -0.05) is 125 Å². The number of ketones is 1. The Kier molecular flexibility index (Phi) is 16.4. The van der Waals surface area contributed by atoms with Crippen LogP contribution in [0.2, 0.25) is 0 Å². The van der Waals surface area contributed by atoms with Crippen molar-refractivity contribution in [2.75, 3.05) is 0 Å². The van der Waals surface area contributed by atoms with Gasteiger partial charge >= 0.3 is 14.6 Å². The lowest BCUT2D eigenvalue weighted by molar-refractivity contribution is -0.135. The maximum Gasteiger partial charge on any atom is 0.532 e. The second-order valence-electron chi connectivity index (χ2n) is 15.7. The smallest absolute Gasteiger partial charge is 0.408 e. The molecular weight excluding hydrogens is 651 g/mol. The second kappa shape index (κ2) is 21.2. The summed E-state index contributed by atoms with van der Waals surface area (Å²) in [5.74, 6) is 2.58. The maximum atomic E-state index is 13.4. The molecule has 1 heterocycles. The van der Waals surface area contributed by atoms with E-state index in [4.69, 9.17) is 13.6 Å². The van der Waals surface area contributed by atoms with Crippen molar-refractivity contribution in [3.05, 3.63) is 69.8 Å². The van der Waals surface area contributed by atoms with Crippen LogP contribution >= 0.6 is 8.60 Å². The highest BCUT2D eigenvalue weighted by molar-refractivity contribution is 7.43. The number of benzene rings is 2. The lowest BCUT2D eigenvalue weighted by Crippen LogP contribution is -2.16. The molecule has 0 spiro atoms. The van der Waals surface area contributed by atoms with E-state index in [0.29, 0.717) is 37.5 Å². The normalized spacial score (nSPS) is 17.2. The molecule has 0 N–H and O–H groups in total. The van der Waals surface area contributed by atoms with Gasteiger partial charge in [0.25, 0.3) is 0 Å². The highest BCUT2D eigenvalue weighted by Gasteiger charge is 2.34. The van der Waals surface area contributed by atoms with Crippen LogP contribution in [0.3, 0.4) is 0 Å². The molecule has 3 aliphatic rings. The number of carbonyl (C=O) groups excluding carboxylic acids is 2. The molecule has 1 aliphatic heterocycles. The van der Waals surface area contributed by atoms with Gasteiger partial charge in [-0.05, 0) is 106 Å². The van der Waals surface area contributed by atoms with Gasteiger partial charge in [-0.15, -0.1) is 0 Å². The number of aryl methyl sites for hydroxylation is 2. The van der Waals surface area contributed by atoms with Crippen LogP contribution in [-0.4, -0.2) is 11.8 Å². The molecule has 0 amide bonds. The minimum atomic E-state index is -2.00. The molecule has 2 aromatic rings. The Labute approximate surface area is 310 Å². The van der Waals surface area contributed by atoms with Crippen molar-refractivity contribution in [1.82, 2.24) is 0 Å². The van der Waals surface area contributed by atoms with Crippen LogP contribution in [0.5, 0.6) is 11.5 Å². The van der Waals surface area contributed by atoms with E-state index in [2.05, 4.69) is 57.2 Å². The standard InChI is InChI=1S/C45H65O5P/c1-4-5-6-7-8-9-10-11-12-19-26-40(46)27-20-21-28-43(47)48-51-49-44-38(29-34(2)31-41(44)36-22-15-13-16-23-36)33-39-30-35(3)32-42(45(39)50-51)37-24-17-14-18-25-37/h11-12,29-32,36-37H,4-10,13-28,33H2,1-3H3/b12-11-. The molecule has 2 aromatic carbocycles. The van der Waals surface area contributed by atoms with Crippen molar-refractivity contribution >= 4 is 20.4 Å². The molecule has 2 aliphatic carbocycles. The van der Waals surface area contributed by atoms with Gasteiger partial charge in [-0.25, -0.2) is 0 Å². The van der Waals surface area contributed by atoms with E-state index in [0.717, 1.165) is 56.4 Å². The second-order valence-corrected chi connectivity index (χ2v) is 16.7. The zero-order valence-corrected chi connectivity index (χ0v) is 33.0. The summed E-state index contributed by atoms with van der Waals surface area (Å²) >= 11 is 0. The average Bonchev–Trinajstić information content (AvgIpc) is 3.12. The third kappa shape index (κ3) is 12.5. The van der Waals surface area contributed by atoms with Crippen LogP contribution < -0.4 is 9.05 Å². The maximum absolute atomic E-state index is 13.4. The van der Waals surface area contributed by atoms with Gasteiger partial charge in [-0.2, -0.15) is 0 Å². The third-order valence-corrected chi connectivity index (χ3v) is 12.2. The number of Topliss-reactive ketones (excluding diaryl/α,β-unsaturated/α-hetero) is 1. The van der Waals surface area contributed by atoms with Crippen molar-refractivity contribution in [2.45, 2.75) is 187 Å². The summed E-state index contributed by atoms with van der Waals surface area (Å²) in [6.45, 7) is 6.63. The Morgan fingerprint density at radius 3 is 1.78 bits per heavy atom. The lowest BCUT2D eigenvalue weighted by Gasteiger charge is -2.31. The summed E-state index contributed by atoms with van der Waals surface area (Å²) in [4.78, 5) is 25.9. The monoisotopic (exact) mass is 716 g/mol. The van der Waals surface area contributed by atoms with E-state index in [-0.39, 0.29) is 18.2 Å². The molecule has 0 saturated heterocycles. The van der Waals surface area contributed by atoms with Crippen molar-refractivity contribution in [3.8, 4) is 11.5 Å². The van der Waals surface area contributed by atoms with Crippen LogP contribution in [0.1, 0.15) is 200 Å². The van der Waals surface area contributed by atoms with Gasteiger partial charge in [0.15, 0.2) is 0 Å². The highest BCUT2D eigenvalue weighted by atomic mass is 31.2. The fourth-order valence-electron chi connectivity index (χ4n) is 8.45. The van der Waals surface area contributed by atoms with Gasteiger partial charge in [-0.3, -0.25) is 9.59 Å². The van der Waals surface area contributed by atoms with Crippen LogP contribution in [0, 0.1) is 13.8 Å². The number of rotatable bonds is 18. The summed E-state index contributed by atoms with van der Waals surface area (Å²) in [6, 6.07) is 9.10. The minimum absolute atomic E-state index is 0.253. The van der Waals surface area contributed by atoms with Crippen molar-refractivity contribution in [3.63, 3.8) is 0 Å². The summed E-state index contributed by atoms with van der Waals surface area (Å²) < 4.78 is 19.6. The summed E-state index contributed by atoms with van der Waals surface area (Å²) in [5, 5.41) is 0. The molecule has 0 aromatic heterocycles. The number of carbonyl (C=O) groups is 2. The quantitative estimate of drug-likeness (QED) is 0.0873. The summed E-state index contributed by atoms with van der Waals surface area (Å²) in [7, 11) is -2.00. The number of unbranched alkanes of at least 4 members (excludes halogenated alkanes) is 7. The first-order valence-electron chi connectivity index (χ1n) is 20.7. The zero-order valence-electron chi connectivity index (χ0n) is 32.1. The molecule has 51 heavy (non-hydrogen) atoms. The van der Waals surface area contributed by atoms with Crippen molar-refractivity contribution in [2.24, 2.45) is 0 Å². The molecular formula is C45H65O5P. The van der Waals surface area contributed by atoms with Gasteiger partial charge in [0.05, 0.1) is 0 Å². The molecule has 0 radical (unpaired) electrons. The fourth-order valence-corrected chi connectivity index (χ4v) is 9.57. The molecule has 2 saturated carbocycles. The first-order chi connectivity index (χ1) is 24.9. The molecule has 6 heteroatoms. The van der Waals surface area contributed by atoms with Crippen LogP contribution in [0.4, 0.5) is 0 Å². The number of hydrogen-bond acceptors (Lipinski definition) is 5. The molecule has 2 fully saturated rings. The Hall–Kier alpha value is -2.65. The third-order valence-electron chi connectivity index (χ3n) is 11.2. The number of allylic oxidation sites excluding steroid dienone is 2. The van der Waals surface area contributed by atoms with Gasteiger partial charge < -0.3 is 13.6 Å². The van der Waals surface area contributed by atoms with Gasteiger partial charge in [0, 0.05) is 25.7 Å². The molecule has 5 rings (SSSR count). The van der Waals surface area contributed by atoms with Gasteiger partial charge in [0.2, 0.25) is 0 Å². The average molecular weight is 717 g/mol. The Bertz CT molecular complexity index is 1360. The van der Waals surface area contributed by atoms with Crippen LogP contribution in [-0.2, 0) is 20.5 Å². The lowest BCUT2D eigenvalue weighted by atomic mass is 9.80. The predicted molar refractivity (Wildman–Crippen MR) is 211 cm³/mol. The molecule has 5 nitrogen and oxygen atoms in total. The predicted octanol–water partition coefficient (Wildman–Crippen LogP) is 13.7. The fraction of sp³-hybridized carbons (Fsp3) is 0.644. The molecule has 0 bridgehead atoms. The summed E-state index contributed by atoms with van der Waals surface area (Å²) in [6.07, 6.45) is 29.7. The highest BCUT2D eigenvalue weighted by Crippen LogP contribution is 2.53. The molecule has 280 valence electrons. The van der Waals surface area contributed by atoms with Crippen LogP contribution in [0.25, 0.3) is 0 Å².